The maximum atomic E-state index is 11.0. The van der Waals surface area contributed by atoms with Crippen LogP contribution in [-0.4, -0.2) is 49.3 Å². The summed E-state index contributed by atoms with van der Waals surface area (Å²) in [6.07, 6.45) is 0. The van der Waals surface area contributed by atoms with Gasteiger partial charge in [-0.3, -0.25) is 15.0 Å². The van der Waals surface area contributed by atoms with E-state index in [1.807, 2.05) is 0 Å². The van der Waals surface area contributed by atoms with Crippen molar-refractivity contribution < 1.29 is 18.8 Å². The molecule has 0 radical (unpaired) electrons. The molecule has 0 bridgehead atoms. The van der Waals surface area contributed by atoms with Gasteiger partial charge >= 0.3 is 5.69 Å². The lowest BCUT2D eigenvalue weighted by Crippen LogP contribution is -2.38. The summed E-state index contributed by atoms with van der Waals surface area (Å²) in [5.41, 5.74) is 0.231. The zero-order chi connectivity index (χ0) is 15.5. The molecule has 2 heterocycles. The molecule has 1 fully saturated rings. The minimum atomic E-state index is -0.442. The van der Waals surface area contributed by atoms with Crippen molar-refractivity contribution in [1.82, 2.24) is 4.90 Å². The molecule has 1 aromatic heterocycles. The Kier molecular flexibility index (Phi) is 4.26. The number of rotatable bonds is 5. The average Bonchev–Trinajstić information content (AvgIpc) is 2.89. The molecular weight excluding hydrogens is 288 g/mol. The number of fused-ring (bicyclic) bond motifs is 1. The average molecular weight is 306 g/mol. The summed E-state index contributed by atoms with van der Waals surface area (Å²) < 4.78 is 16.6. The summed E-state index contributed by atoms with van der Waals surface area (Å²) in [5, 5.41) is 11.7. The van der Waals surface area contributed by atoms with Gasteiger partial charge in [0.15, 0.2) is 0 Å². The van der Waals surface area contributed by atoms with Crippen molar-refractivity contribution in [2.24, 2.45) is 0 Å². The van der Waals surface area contributed by atoms with Crippen LogP contribution in [0.5, 0.6) is 5.75 Å². The first-order chi connectivity index (χ1) is 10.6. The largest absolute Gasteiger partial charge is 0.491 e. The summed E-state index contributed by atoms with van der Waals surface area (Å²) >= 11 is 0. The molecule has 22 heavy (non-hydrogen) atoms. The van der Waals surface area contributed by atoms with Crippen molar-refractivity contribution in [1.29, 1.82) is 0 Å². The van der Waals surface area contributed by atoms with Crippen molar-refractivity contribution in [2.45, 2.75) is 6.92 Å². The molecule has 0 saturated carbocycles. The fourth-order valence-corrected chi connectivity index (χ4v) is 2.59. The highest BCUT2D eigenvalue weighted by atomic mass is 16.6. The van der Waals surface area contributed by atoms with E-state index in [9.17, 15) is 10.1 Å². The van der Waals surface area contributed by atoms with Gasteiger partial charge in [-0.1, -0.05) is 0 Å². The van der Waals surface area contributed by atoms with E-state index in [4.69, 9.17) is 13.9 Å². The molecule has 1 aliphatic heterocycles. The number of benzene rings is 1. The van der Waals surface area contributed by atoms with Crippen LogP contribution in [0.1, 0.15) is 5.76 Å². The molecule has 7 heteroatoms. The second kappa shape index (κ2) is 6.33. The van der Waals surface area contributed by atoms with E-state index in [2.05, 4.69) is 4.90 Å². The van der Waals surface area contributed by atoms with Crippen LogP contribution < -0.4 is 4.74 Å². The number of hydrogen-bond donors (Lipinski definition) is 0. The Balaban J connectivity index is 1.73. The first-order valence-corrected chi connectivity index (χ1v) is 7.25. The van der Waals surface area contributed by atoms with E-state index in [-0.39, 0.29) is 11.3 Å². The maximum absolute atomic E-state index is 11.0. The number of ether oxygens (including phenoxy) is 2. The van der Waals surface area contributed by atoms with Crippen LogP contribution in [-0.2, 0) is 4.74 Å². The molecule has 2 aromatic rings. The molecule has 1 aromatic carbocycles. The molecule has 0 aliphatic carbocycles. The van der Waals surface area contributed by atoms with Gasteiger partial charge in [0, 0.05) is 25.7 Å². The van der Waals surface area contributed by atoms with Gasteiger partial charge in [-0.05, 0) is 19.1 Å². The minimum absolute atomic E-state index is 0.0383. The van der Waals surface area contributed by atoms with Crippen molar-refractivity contribution in [3.63, 3.8) is 0 Å². The predicted molar refractivity (Wildman–Crippen MR) is 80.4 cm³/mol. The third kappa shape index (κ3) is 3.05. The molecule has 3 rings (SSSR count). The molecular formula is C15H18N2O5. The SMILES string of the molecule is Cc1cc2c(OCCN3CCOCC3)ccc([N+](=O)[O-])c2o1. The fourth-order valence-electron chi connectivity index (χ4n) is 2.59. The number of furan rings is 1. The lowest BCUT2D eigenvalue weighted by atomic mass is 10.2. The van der Waals surface area contributed by atoms with Crippen LogP contribution in [0, 0.1) is 17.0 Å². The summed E-state index contributed by atoms with van der Waals surface area (Å²) in [6.45, 7) is 6.41. The second-order valence-corrected chi connectivity index (χ2v) is 5.24. The van der Waals surface area contributed by atoms with Crippen LogP contribution in [0.4, 0.5) is 5.69 Å². The van der Waals surface area contributed by atoms with Crippen molar-refractivity contribution in [2.75, 3.05) is 39.5 Å². The van der Waals surface area contributed by atoms with E-state index >= 15 is 0 Å². The topological polar surface area (TPSA) is 78.0 Å². The smallest absolute Gasteiger partial charge is 0.312 e. The number of nitrogens with zero attached hydrogens (tertiary/aromatic N) is 2. The van der Waals surface area contributed by atoms with E-state index < -0.39 is 4.92 Å². The van der Waals surface area contributed by atoms with Gasteiger partial charge in [0.25, 0.3) is 0 Å². The third-order valence-electron chi connectivity index (χ3n) is 3.71. The van der Waals surface area contributed by atoms with E-state index in [1.165, 1.54) is 6.07 Å². The van der Waals surface area contributed by atoms with E-state index in [1.54, 1.807) is 19.1 Å². The summed E-state index contributed by atoms with van der Waals surface area (Å²) in [6, 6.07) is 4.83. The summed E-state index contributed by atoms with van der Waals surface area (Å²) in [4.78, 5) is 12.9. The summed E-state index contributed by atoms with van der Waals surface area (Å²) in [5.74, 6) is 1.24. The molecule has 0 N–H and O–H groups in total. The van der Waals surface area contributed by atoms with Crippen LogP contribution in [0.3, 0.4) is 0 Å². The predicted octanol–water partition coefficient (Wildman–Crippen LogP) is 2.36. The zero-order valence-corrected chi connectivity index (χ0v) is 12.4. The first-order valence-electron chi connectivity index (χ1n) is 7.25. The standard InChI is InChI=1S/C15H18N2O5/c1-11-10-12-14(3-2-13(17(18)19)15(12)22-11)21-9-6-16-4-7-20-8-5-16/h2-3,10H,4-9H2,1H3. The number of nitro groups is 1. The van der Waals surface area contributed by atoms with Crippen molar-refractivity contribution in [3.8, 4) is 5.75 Å². The Labute approximate surface area is 127 Å². The first kappa shape index (κ1) is 14.8. The quantitative estimate of drug-likeness (QED) is 0.623. The fraction of sp³-hybridized carbons (Fsp3) is 0.467. The Morgan fingerprint density at radius 1 is 1.36 bits per heavy atom. The van der Waals surface area contributed by atoms with Crippen LogP contribution in [0.25, 0.3) is 11.0 Å². The van der Waals surface area contributed by atoms with E-state index in [0.29, 0.717) is 23.5 Å². The van der Waals surface area contributed by atoms with Gasteiger partial charge in [-0.2, -0.15) is 0 Å². The molecule has 1 saturated heterocycles. The lowest BCUT2D eigenvalue weighted by Gasteiger charge is -2.26. The Morgan fingerprint density at radius 3 is 2.86 bits per heavy atom. The van der Waals surface area contributed by atoms with Gasteiger partial charge in [-0.25, -0.2) is 0 Å². The highest BCUT2D eigenvalue weighted by molar-refractivity contribution is 5.91. The monoisotopic (exact) mass is 306 g/mol. The molecule has 7 nitrogen and oxygen atoms in total. The third-order valence-corrected chi connectivity index (χ3v) is 3.71. The Bertz CT molecular complexity index is 676. The minimum Gasteiger partial charge on any atom is -0.491 e. The Morgan fingerprint density at radius 2 is 2.14 bits per heavy atom. The van der Waals surface area contributed by atoms with Crippen molar-refractivity contribution in [3.05, 3.63) is 34.1 Å². The molecule has 0 unspecified atom stereocenters. The number of morpholine rings is 1. The molecule has 1 aliphatic rings. The van der Waals surface area contributed by atoms with Gasteiger partial charge in [0.1, 0.15) is 18.1 Å². The number of non-ortho nitro benzene ring substituents is 1. The maximum Gasteiger partial charge on any atom is 0.312 e. The van der Waals surface area contributed by atoms with Crippen LogP contribution in [0.2, 0.25) is 0 Å². The number of nitro benzene ring substituents is 1. The zero-order valence-electron chi connectivity index (χ0n) is 12.4. The van der Waals surface area contributed by atoms with Crippen molar-refractivity contribution >= 4 is 16.7 Å². The Hall–Kier alpha value is -2.12. The molecule has 0 atom stereocenters. The van der Waals surface area contributed by atoms with Gasteiger partial charge < -0.3 is 13.9 Å². The van der Waals surface area contributed by atoms with Gasteiger partial charge in [0.2, 0.25) is 5.58 Å². The highest BCUT2D eigenvalue weighted by Crippen LogP contribution is 2.35. The molecule has 118 valence electrons. The number of hydrogen-bond acceptors (Lipinski definition) is 6. The number of aryl methyl sites for hydroxylation is 1. The molecule has 0 spiro atoms. The van der Waals surface area contributed by atoms with Gasteiger partial charge in [0.05, 0.1) is 23.5 Å². The second-order valence-electron chi connectivity index (χ2n) is 5.24. The lowest BCUT2D eigenvalue weighted by molar-refractivity contribution is -0.383. The molecule has 0 amide bonds. The van der Waals surface area contributed by atoms with Crippen LogP contribution >= 0.6 is 0 Å². The summed E-state index contributed by atoms with van der Waals surface area (Å²) in [7, 11) is 0. The van der Waals surface area contributed by atoms with Gasteiger partial charge in [-0.15, -0.1) is 0 Å². The normalized spacial score (nSPS) is 16.0. The van der Waals surface area contributed by atoms with E-state index in [0.717, 1.165) is 32.8 Å². The van der Waals surface area contributed by atoms with Crippen LogP contribution in [0.15, 0.2) is 22.6 Å². The highest BCUT2D eigenvalue weighted by Gasteiger charge is 2.19.